The minimum Gasteiger partial charge on any atom is -0.314 e. The lowest BCUT2D eigenvalue weighted by Gasteiger charge is -2.17. The first-order valence-corrected chi connectivity index (χ1v) is 6.60. The lowest BCUT2D eigenvalue weighted by Crippen LogP contribution is -2.30. The Morgan fingerprint density at radius 3 is 2.56 bits per heavy atom. The van der Waals surface area contributed by atoms with Gasteiger partial charge >= 0.3 is 0 Å². The SMILES string of the molecule is CCCC(Cc1ccc(Cl)cc1Cl)NCC. The Morgan fingerprint density at radius 2 is 2.00 bits per heavy atom. The molecule has 1 N–H and O–H groups in total. The molecule has 1 atom stereocenters. The van der Waals surface area contributed by atoms with Gasteiger partial charge in [-0.2, -0.15) is 0 Å². The number of hydrogen-bond acceptors (Lipinski definition) is 1. The summed E-state index contributed by atoms with van der Waals surface area (Å²) in [5.41, 5.74) is 1.17. The molecule has 0 saturated carbocycles. The maximum absolute atomic E-state index is 6.16. The summed E-state index contributed by atoms with van der Waals surface area (Å²) in [4.78, 5) is 0. The van der Waals surface area contributed by atoms with Crippen LogP contribution in [-0.4, -0.2) is 12.6 Å². The molecule has 0 amide bonds. The molecule has 1 nitrogen and oxygen atoms in total. The molecule has 16 heavy (non-hydrogen) atoms. The summed E-state index contributed by atoms with van der Waals surface area (Å²) in [6, 6.07) is 6.24. The van der Waals surface area contributed by atoms with E-state index in [9.17, 15) is 0 Å². The van der Waals surface area contributed by atoms with Gasteiger partial charge in [-0.25, -0.2) is 0 Å². The highest BCUT2D eigenvalue weighted by Gasteiger charge is 2.09. The van der Waals surface area contributed by atoms with Crippen molar-refractivity contribution < 1.29 is 0 Å². The summed E-state index contributed by atoms with van der Waals surface area (Å²) in [7, 11) is 0. The summed E-state index contributed by atoms with van der Waals surface area (Å²) in [5.74, 6) is 0. The normalized spacial score (nSPS) is 12.8. The second-order valence-corrected chi connectivity index (χ2v) is 4.83. The molecule has 0 saturated heterocycles. The van der Waals surface area contributed by atoms with E-state index in [-0.39, 0.29) is 0 Å². The maximum Gasteiger partial charge on any atom is 0.0453 e. The third kappa shape index (κ3) is 4.32. The Hall–Kier alpha value is -0.240. The van der Waals surface area contributed by atoms with Crippen LogP contribution in [0.5, 0.6) is 0 Å². The molecule has 0 aliphatic carbocycles. The molecular weight excluding hydrogens is 241 g/mol. The zero-order valence-corrected chi connectivity index (χ0v) is 11.4. The monoisotopic (exact) mass is 259 g/mol. The van der Waals surface area contributed by atoms with Crippen molar-refractivity contribution in [1.29, 1.82) is 0 Å². The second-order valence-electron chi connectivity index (χ2n) is 3.98. The van der Waals surface area contributed by atoms with Crippen LogP contribution in [0.4, 0.5) is 0 Å². The van der Waals surface area contributed by atoms with E-state index in [1.54, 1.807) is 0 Å². The van der Waals surface area contributed by atoms with Gasteiger partial charge in [-0.05, 0) is 37.1 Å². The van der Waals surface area contributed by atoms with Gasteiger partial charge in [0.2, 0.25) is 0 Å². The van der Waals surface area contributed by atoms with Crippen LogP contribution in [-0.2, 0) is 6.42 Å². The van der Waals surface area contributed by atoms with Crippen LogP contribution in [0.1, 0.15) is 32.3 Å². The van der Waals surface area contributed by atoms with E-state index in [0.717, 1.165) is 18.0 Å². The average molecular weight is 260 g/mol. The Morgan fingerprint density at radius 1 is 1.25 bits per heavy atom. The fraction of sp³-hybridized carbons (Fsp3) is 0.538. The summed E-state index contributed by atoms with van der Waals surface area (Å²) >= 11 is 12.0. The van der Waals surface area contributed by atoms with Crippen molar-refractivity contribution in [1.82, 2.24) is 5.32 Å². The molecule has 1 aromatic rings. The number of rotatable bonds is 6. The fourth-order valence-corrected chi connectivity index (χ4v) is 2.35. The molecule has 0 aliphatic heterocycles. The molecule has 90 valence electrons. The van der Waals surface area contributed by atoms with Crippen LogP contribution in [0.2, 0.25) is 10.0 Å². The lowest BCUT2D eigenvalue weighted by molar-refractivity contribution is 0.486. The predicted octanol–water partition coefficient (Wildman–Crippen LogP) is 4.31. The maximum atomic E-state index is 6.16. The van der Waals surface area contributed by atoms with Crippen LogP contribution < -0.4 is 5.32 Å². The van der Waals surface area contributed by atoms with Gasteiger partial charge in [0.25, 0.3) is 0 Å². The van der Waals surface area contributed by atoms with Gasteiger partial charge in [0.15, 0.2) is 0 Å². The average Bonchev–Trinajstić information content (AvgIpc) is 2.23. The van der Waals surface area contributed by atoms with Crippen molar-refractivity contribution in [3.8, 4) is 0 Å². The minimum absolute atomic E-state index is 0.508. The van der Waals surface area contributed by atoms with E-state index in [1.807, 2.05) is 18.2 Å². The van der Waals surface area contributed by atoms with Crippen molar-refractivity contribution in [2.45, 2.75) is 39.2 Å². The van der Waals surface area contributed by atoms with E-state index in [0.29, 0.717) is 11.1 Å². The molecule has 3 heteroatoms. The van der Waals surface area contributed by atoms with Crippen molar-refractivity contribution in [2.24, 2.45) is 0 Å². The summed E-state index contributed by atoms with van der Waals surface area (Å²) < 4.78 is 0. The van der Waals surface area contributed by atoms with Crippen LogP contribution in [0.25, 0.3) is 0 Å². The van der Waals surface area contributed by atoms with Gasteiger partial charge in [-0.15, -0.1) is 0 Å². The Labute approximate surface area is 108 Å². The van der Waals surface area contributed by atoms with Crippen molar-refractivity contribution in [3.05, 3.63) is 33.8 Å². The molecule has 0 aromatic heterocycles. The van der Waals surface area contributed by atoms with Crippen LogP contribution in [0.15, 0.2) is 18.2 Å². The number of benzene rings is 1. The van der Waals surface area contributed by atoms with E-state index >= 15 is 0 Å². The quantitative estimate of drug-likeness (QED) is 0.803. The summed E-state index contributed by atoms with van der Waals surface area (Å²) in [6.45, 7) is 5.33. The molecule has 0 aliphatic rings. The molecule has 1 aromatic carbocycles. The van der Waals surface area contributed by atoms with Crippen LogP contribution in [0.3, 0.4) is 0 Å². The molecule has 0 fully saturated rings. The molecule has 0 heterocycles. The van der Waals surface area contributed by atoms with E-state index in [2.05, 4.69) is 19.2 Å². The van der Waals surface area contributed by atoms with Gasteiger partial charge in [0.1, 0.15) is 0 Å². The number of hydrogen-bond donors (Lipinski definition) is 1. The van der Waals surface area contributed by atoms with Crippen molar-refractivity contribution in [3.63, 3.8) is 0 Å². The zero-order valence-electron chi connectivity index (χ0n) is 9.89. The van der Waals surface area contributed by atoms with E-state index < -0.39 is 0 Å². The number of nitrogens with one attached hydrogen (secondary N) is 1. The fourth-order valence-electron chi connectivity index (χ4n) is 1.87. The van der Waals surface area contributed by atoms with Crippen molar-refractivity contribution in [2.75, 3.05) is 6.54 Å². The van der Waals surface area contributed by atoms with Crippen LogP contribution in [0, 0.1) is 0 Å². The zero-order chi connectivity index (χ0) is 12.0. The van der Waals surface area contributed by atoms with Crippen molar-refractivity contribution >= 4 is 23.2 Å². The lowest BCUT2D eigenvalue weighted by atomic mass is 10.0. The van der Waals surface area contributed by atoms with E-state index in [4.69, 9.17) is 23.2 Å². The van der Waals surface area contributed by atoms with E-state index in [1.165, 1.54) is 18.4 Å². The first kappa shape index (κ1) is 13.8. The van der Waals surface area contributed by atoms with Crippen LogP contribution >= 0.6 is 23.2 Å². The third-order valence-electron chi connectivity index (χ3n) is 2.61. The smallest absolute Gasteiger partial charge is 0.0453 e. The molecule has 1 rings (SSSR count). The number of likely N-dealkylation sites (N-methyl/N-ethyl adjacent to an activating group) is 1. The highest BCUT2D eigenvalue weighted by atomic mass is 35.5. The van der Waals surface area contributed by atoms with Gasteiger partial charge in [-0.3, -0.25) is 0 Å². The largest absolute Gasteiger partial charge is 0.314 e. The minimum atomic E-state index is 0.508. The van der Waals surface area contributed by atoms with Gasteiger partial charge in [0, 0.05) is 16.1 Å². The van der Waals surface area contributed by atoms with Gasteiger partial charge in [0.05, 0.1) is 0 Å². The highest BCUT2D eigenvalue weighted by molar-refractivity contribution is 6.35. The molecule has 0 radical (unpaired) electrons. The highest BCUT2D eigenvalue weighted by Crippen LogP contribution is 2.22. The summed E-state index contributed by atoms with van der Waals surface area (Å²) in [6.07, 6.45) is 3.33. The van der Waals surface area contributed by atoms with Gasteiger partial charge < -0.3 is 5.32 Å². The molecule has 0 spiro atoms. The predicted molar refractivity (Wildman–Crippen MR) is 72.5 cm³/mol. The Bertz CT molecular complexity index is 320. The third-order valence-corrected chi connectivity index (χ3v) is 3.20. The standard InChI is InChI=1S/C13H19Cl2N/c1-3-5-12(16-4-2)8-10-6-7-11(14)9-13(10)15/h6-7,9,12,16H,3-5,8H2,1-2H3. The topological polar surface area (TPSA) is 12.0 Å². The Balaban J connectivity index is 2.68. The molecular formula is C13H19Cl2N. The first-order chi connectivity index (χ1) is 7.67. The Kier molecular flexibility index (Phi) is 6.18. The molecule has 0 bridgehead atoms. The number of halogens is 2. The molecule has 1 unspecified atom stereocenters. The first-order valence-electron chi connectivity index (χ1n) is 5.84. The second kappa shape index (κ2) is 7.16. The summed E-state index contributed by atoms with van der Waals surface area (Å²) in [5, 5.41) is 4.95. The van der Waals surface area contributed by atoms with Gasteiger partial charge in [-0.1, -0.05) is 49.5 Å².